The highest BCUT2D eigenvalue weighted by Gasteiger charge is 2.21. The third kappa shape index (κ3) is 4.76. The topological polar surface area (TPSA) is 47.3 Å². The number of aromatic nitrogens is 2. The summed E-state index contributed by atoms with van der Waals surface area (Å²) in [6, 6.07) is 65.7. The van der Waals surface area contributed by atoms with E-state index in [9.17, 15) is 0 Å². The Morgan fingerprint density at radius 1 is 0.426 bits per heavy atom. The first kappa shape index (κ1) is 30.3. The normalized spacial score (nSPS) is 11.7. The lowest BCUT2D eigenvalue weighted by molar-refractivity contribution is 0.619. The fraction of sp³-hybridized carbons (Fsp3) is 0. The molecule has 5 nitrogen and oxygen atoms in total. The zero-order valence-electron chi connectivity index (χ0n) is 29.1. The molecule has 0 fully saturated rings. The third-order valence-electron chi connectivity index (χ3n) is 10.4. The number of hydrogen-bond donors (Lipinski definition) is 0. The highest BCUT2D eigenvalue weighted by atomic mass is 16.4. The van der Waals surface area contributed by atoms with Crippen molar-refractivity contribution in [2.45, 2.75) is 0 Å². The largest absolute Gasteiger partial charge is 0.456 e. The molecule has 0 aliphatic carbocycles. The summed E-state index contributed by atoms with van der Waals surface area (Å²) in [4.78, 5) is 7.27. The molecule has 5 heteroatoms. The Bertz CT molecular complexity index is 3140. The summed E-state index contributed by atoms with van der Waals surface area (Å²) in [5, 5.41) is 4.40. The van der Waals surface area contributed by atoms with Gasteiger partial charge in [-0.05, 0) is 102 Å². The lowest BCUT2D eigenvalue weighted by atomic mass is 10.0. The van der Waals surface area contributed by atoms with Crippen molar-refractivity contribution >= 4 is 71.9 Å². The monoisotopic (exact) mass is 693 g/mol. The molecule has 0 spiro atoms. The van der Waals surface area contributed by atoms with Gasteiger partial charge in [0.1, 0.15) is 16.7 Å². The van der Waals surface area contributed by atoms with Crippen molar-refractivity contribution in [2.24, 2.45) is 0 Å². The van der Waals surface area contributed by atoms with Crippen molar-refractivity contribution in [2.75, 3.05) is 4.90 Å². The Labute approximate surface area is 310 Å². The van der Waals surface area contributed by atoms with Crippen LogP contribution in [0, 0.1) is 0 Å². The van der Waals surface area contributed by atoms with Gasteiger partial charge in [-0.1, -0.05) is 97.1 Å². The summed E-state index contributed by atoms with van der Waals surface area (Å²) in [5.74, 6) is 0.604. The Morgan fingerprint density at radius 3 is 1.91 bits per heavy atom. The van der Waals surface area contributed by atoms with E-state index in [2.05, 4.69) is 155 Å². The standard InChI is InChI=1S/C49H31N3O2/c1-4-13-33(14-5-1)49-50-48-44(54-49)30-29-43-47(48)39-28-25-34(31-45(39)53-43)32-23-26-37(27-24-32)51(35-15-6-2-7-16-35)41-21-12-22-42-46(41)38-19-10-11-20-40(38)52(42)36-17-8-3-9-18-36/h1-31H. The van der Waals surface area contributed by atoms with Crippen LogP contribution in [-0.2, 0) is 0 Å². The number of anilines is 3. The van der Waals surface area contributed by atoms with Crippen LogP contribution in [0.25, 0.3) is 83.1 Å². The minimum Gasteiger partial charge on any atom is -0.456 e. The van der Waals surface area contributed by atoms with E-state index < -0.39 is 0 Å². The van der Waals surface area contributed by atoms with Crippen molar-refractivity contribution < 1.29 is 8.83 Å². The average molecular weight is 694 g/mol. The second-order valence-corrected chi connectivity index (χ2v) is 13.6. The second-order valence-electron chi connectivity index (χ2n) is 13.6. The molecular weight excluding hydrogens is 663 g/mol. The van der Waals surface area contributed by atoms with Gasteiger partial charge in [0.2, 0.25) is 5.89 Å². The van der Waals surface area contributed by atoms with Crippen LogP contribution in [0.3, 0.4) is 0 Å². The van der Waals surface area contributed by atoms with Crippen LogP contribution >= 0.6 is 0 Å². The van der Waals surface area contributed by atoms with Crippen molar-refractivity contribution in [1.29, 1.82) is 0 Å². The molecule has 8 aromatic carbocycles. The molecule has 54 heavy (non-hydrogen) atoms. The third-order valence-corrected chi connectivity index (χ3v) is 10.4. The number of fused-ring (bicyclic) bond motifs is 8. The van der Waals surface area contributed by atoms with Crippen molar-refractivity contribution in [1.82, 2.24) is 9.55 Å². The van der Waals surface area contributed by atoms with Gasteiger partial charge in [-0.2, -0.15) is 0 Å². The van der Waals surface area contributed by atoms with Gasteiger partial charge >= 0.3 is 0 Å². The summed E-state index contributed by atoms with van der Waals surface area (Å²) < 4.78 is 15.0. The van der Waals surface area contributed by atoms with Crippen molar-refractivity contribution in [3.05, 3.63) is 188 Å². The fourth-order valence-electron chi connectivity index (χ4n) is 7.99. The van der Waals surface area contributed by atoms with Crippen LogP contribution in [0.5, 0.6) is 0 Å². The van der Waals surface area contributed by atoms with Gasteiger partial charge in [0.25, 0.3) is 0 Å². The number of furan rings is 1. The van der Waals surface area contributed by atoms with E-state index in [1.807, 2.05) is 42.5 Å². The minimum atomic E-state index is 0.604. The van der Waals surface area contributed by atoms with Crippen LogP contribution in [0.4, 0.5) is 17.1 Å². The zero-order chi connectivity index (χ0) is 35.6. The van der Waals surface area contributed by atoms with Crippen molar-refractivity contribution in [3.63, 3.8) is 0 Å². The molecule has 0 amide bonds. The molecule has 0 unspecified atom stereocenters. The number of nitrogens with zero attached hydrogens (tertiary/aromatic N) is 3. The second kappa shape index (κ2) is 12.1. The minimum absolute atomic E-state index is 0.604. The fourth-order valence-corrected chi connectivity index (χ4v) is 7.99. The molecule has 0 saturated heterocycles. The van der Waals surface area contributed by atoms with Gasteiger partial charge in [0.05, 0.1) is 22.1 Å². The van der Waals surface area contributed by atoms with E-state index in [4.69, 9.17) is 13.8 Å². The number of para-hydroxylation sites is 3. The molecule has 3 aromatic heterocycles. The lowest BCUT2D eigenvalue weighted by Crippen LogP contribution is -2.10. The Morgan fingerprint density at radius 2 is 1.09 bits per heavy atom. The van der Waals surface area contributed by atoms with Gasteiger partial charge in [0.15, 0.2) is 5.58 Å². The van der Waals surface area contributed by atoms with Crippen LogP contribution in [0.1, 0.15) is 0 Å². The number of oxazole rings is 1. The Kier molecular flexibility index (Phi) is 6.79. The van der Waals surface area contributed by atoms with Crippen LogP contribution < -0.4 is 4.90 Å². The van der Waals surface area contributed by atoms with Crippen LogP contribution in [0.15, 0.2) is 197 Å². The maximum absolute atomic E-state index is 6.43. The molecule has 0 aliphatic heterocycles. The molecule has 0 atom stereocenters. The quantitative estimate of drug-likeness (QED) is 0.174. The van der Waals surface area contributed by atoms with Crippen LogP contribution in [0.2, 0.25) is 0 Å². The molecule has 0 aliphatic rings. The molecule has 0 N–H and O–H groups in total. The zero-order valence-corrected chi connectivity index (χ0v) is 29.1. The maximum Gasteiger partial charge on any atom is 0.227 e. The molecule has 11 aromatic rings. The SMILES string of the molecule is c1ccc(-c2nc3c(ccc4oc5cc(-c6ccc(N(c7ccccc7)c7cccc8c7c7ccccc7n8-c7ccccc7)cc6)ccc5c43)o2)cc1. The summed E-state index contributed by atoms with van der Waals surface area (Å²) in [7, 11) is 0. The molecular formula is C49H31N3O2. The molecule has 0 bridgehead atoms. The van der Waals surface area contributed by atoms with E-state index in [-0.39, 0.29) is 0 Å². The number of hydrogen-bond acceptors (Lipinski definition) is 4. The van der Waals surface area contributed by atoms with Gasteiger partial charge in [-0.3, -0.25) is 0 Å². The predicted molar refractivity (Wildman–Crippen MR) is 221 cm³/mol. The first-order chi connectivity index (χ1) is 26.8. The molecule has 254 valence electrons. The summed E-state index contributed by atoms with van der Waals surface area (Å²) in [6.07, 6.45) is 0. The highest BCUT2D eigenvalue weighted by Crippen LogP contribution is 2.44. The summed E-state index contributed by atoms with van der Waals surface area (Å²) in [6.45, 7) is 0. The number of rotatable bonds is 6. The van der Waals surface area contributed by atoms with E-state index in [1.165, 1.54) is 16.3 Å². The first-order valence-corrected chi connectivity index (χ1v) is 18.1. The Hall–Kier alpha value is -7.37. The Balaban J connectivity index is 1.02. The van der Waals surface area contributed by atoms with Gasteiger partial charge in [-0.15, -0.1) is 0 Å². The smallest absolute Gasteiger partial charge is 0.227 e. The molecule has 11 rings (SSSR count). The summed E-state index contributed by atoms with van der Waals surface area (Å²) in [5.41, 5.74) is 13.0. The summed E-state index contributed by atoms with van der Waals surface area (Å²) >= 11 is 0. The first-order valence-electron chi connectivity index (χ1n) is 18.1. The van der Waals surface area contributed by atoms with E-state index >= 15 is 0 Å². The van der Waals surface area contributed by atoms with E-state index in [0.29, 0.717) is 5.89 Å². The molecule has 3 heterocycles. The number of benzene rings is 8. The highest BCUT2D eigenvalue weighted by molar-refractivity contribution is 6.18. The van der Waals surface area contributed by atoms with Gasteiger partial charge < -0.3 is 18.3 Å². The van der Waals surface area contributed by atoms with Crippen LogP contribution in [-0.4, -0.2) is 9.55 Å². The molecule has 0 radical (unpaired) electrons. The van der Waals surface area contributed by atoms with Gasteiger partial charge in [-0.25, -0.2) is 4.98 Å². The molecule has 0 saturated carbocycles. The van der Waals surface area contributed by atoms with Crippen molar-refractivity contribution in [3.8, 4) is 28.3 Å². The lowest BCUT2D eigenvalue weighted by Gasteiger charge is -2.26. The van der Waals surface area contributed by atoms with E-state index in [0.717, 1.165) is 78.0 Å². The predicted octanol–water partition coefficient (Wildman–Crippen LogP) is 13.6. The van der Waals surface area contributed by atoms with E-state index in [1.54, 1.807) is 0 Å². The van der Waals surface area contributed by atoms with Gasteiger partial charge in [0, 0.05) is 38.8 Å². The average Bonchev–Trinajstić information content (AvgIpc) is 3.94. The maximum atomic E-state index is 6.43.